The molecule has 2 amide bonds. The number of hydrogen-bond donors (Lipinski definition) is 1. The van der Waals surface area contributed by atoms with Gasteiger partial charge in [0.1, 0.15) is 6.04 Å². The van der Waals surface area contributed by atoms with E-state index in [0.717, 1.165) is 25.0 Å². The van der Waals surface area contributed by atoms with Crippen molar-refractivity contribution in [3.8, 4) is 0 Å². The molecule has 5 rings (SSSR count). The van der Waals surface area contributed by atoms with Gasteiger partial charge in [0.25, 0.3) is 5.56 Å². The largest absolute Gasteiger partial charge is 0.349 e. The summed E-state index contributed by atoms with van der Waals surface area (Å²) in [4.78, 5) is 40.2. The molecule has 2 aliphatic heterocycles. The Labute approximate surface area is 165 Å². The average molecular weight is 383 g/mol. The fraction of sp³-hybridized carbons (Fsp3) is 0.682. The molecule has 0 unspecified atom stereocenters. The fourth-order valence-electron chi connectivity index (χ4n) is 6.10. The number of aromatic nitrogens is 1. The van der Waals surface area contributed by atoms with E-state index in [9.17, 15) is 14.4 Å². The van der Waals surface area contributed by atoms with Crippen molar-refractivity contribution in [2.24, 2.45) is 11.8 Å². The normalized spacial score (nSPS) is 30.6. The summed E-state index contributed by atoms with van der Waals surface area (Å²) in [5.74, 6) is 0.734. The molecule has 2 bridgehead atoms. The molecule has 2 aliphatic carbocycles. The molecule has 0 spiro atoms. The lowest BCUT2D eigenvalue weighted by molar-refractivity contribution is -0.136. The summed E-state index contributed by atoms with van der Waals surface area (Å²) in [6.07, 6.45) is 7.88. The van der Waals surface area contributed by atoms with E-state index in [-0.39, 0.29) is 34.7 Å². The van der Waals surface area contributed by atoms with Gasteiger partial charge in [0.2, 0.25) is 11.8 Å². The molecular formula is C22H29N3O3. The Bertz CT molecular complexity index is 866. The van der Waals surface area contributed by atoms with Gasteiger partial charge in [0.05, 0.1) is 0 Å². The lowest BCUT2D eigenvalue weighted by Crippen LogP contribution is -2.56. The van der Waals surface area contributed by atoms with Crippen molar-refractivity contribution in [3.05, 3.63) is 34.2 Å². The first-order valence-electron chi connectivity index (χ1n) is 10.8. The first kappa shape index (κ1) is 18.0. The minimum absolute atomic E-state index is 0.00497. The van der Waals surface area contributed by atoms with Crippen molar-refractivity contribution in [2.45, 2.75) is 69.4 Å². The molecule has 6 heteroatoms. The molecule has 1 saturated heterocycles. The van der Waals surface area contributed by atoms with Crippen LogP contribution < -0.4 is 10.9 Å². The van der Waals surface area contributed by atoms with Gasteiger partial charge in [-0.15, -0.1) is 0 Å². The second-order valence-corrected chi connectivity index (χ2v) is 9.35. The second kappa shape index (κ2) is 6.46. The van der Waals surface area contributed by atoms with Gasteiger partial charge in [-0.05, 0) is 44.1 Å². The van der Waals surface area contributed by atoms with Gasteiger partial charge >= 0.3 is 0 Å². The lowest BCUT2D eigenvalue weighted by atomic mass is 9.78. The number of carbonyl (C=O) groups is 2. The summed E-state index contributed by atoms with van der Waals surface area (Å²) < 4.78 is 1.73. The Morgan fingerprint density at radius 3 is 2.57 bits per heavy atom. The standard InChI is InChI=1S/C22H29N3O3/c1-14(26)24-12-15-11-16(13-24)20(25-18(15)7-4-8-19(25)27)21(28)23-22(9-10-22)17-5-2-3-6-17/h4,7-8,15-17,20H,2-3,5-6,9-13H2,1H3,(H,23,28)/t15-,16+,20-/m1/s1. The number of carbonyl (C=O) groups excluding carboxylic acids is 2. The maximum absolute atomic E-state index is 13.5. The molecule has 1 aromatic rings. The molecule has 1 aromatic heterocycles. The molecule has 3 atom stereocenters. The third kappa shape index (κ3) is 2.80. The molecule has 3 fully saturated rings. The van der Waals surface area contributed by atoms with Crippen LogP contribution in [0.25, 0.3) is 0 Å². The van der Waals surface area contributed by atoms with E-state index in [4.69, 9.17) is 0 Å². The van der Waals surface area contributed by atoms with E-state index < -0.39 is 6.04 Å². The molecule has 3 heterocycles. The van der Waals surface area contributed by atoms with Gasteiger partial charge in [0.15, 0.2) is 0 Å². The number of likely N-dealkylation sites (tertiary alicyclic amines) is 1. The third-order valence-corrected chi connectivity index (χ3v) is 7.66. The SMILES string of the molecule is CC(=O)N1C[C@H]2C[C@@H](C1)[C@H](C(=O)NC1(C3CCCC3)CC1)n1c2cccc1=O. The van der Waals surface area contributed by atoms with Crippen molar-refractivity contribution in [1.29, 1.82) is 0 Å². The van der Waals surface area contributed by atoms with Crippen LogP contribution in [0, 0.1) is 11.8 Å². The van der Waals surface area contributed by atoms with Crippen molar-refractivity contribution in [1.82, 2.24) is 14.8 Å². The zero-order valence-electron chi connectivity index (χ0n) is 16.5. The van der Waals surface area contributed by atoms with E-state index in [1.807, 2.05) is 11.0 Å². The number of nitrogens with one attached hydrogen (secondary N) is 1. The van der Waals surface area contributed by atoms with Gasteiger partial charge in [-0.3, -0.25) is 19.0 Å². The Kier molecular flexibility index (Phi) is 4.14. The fourth-order valence-corrected chi connectivity index (χ4v) is 6.10. The Balaban J connectivity index is 1.49. The molecule has 0 aromatic carbocycles. The molecule has 6 nitrogen and oxygen atoms in total. The zero-order chi connectivity index (χ0) is 19.5. The van der Waals surface area contributed by atoms with Gasteiger partial charge in [-0.1, -0.05) is 18.9 Å². The number of nitrogens with zero attached hydrogens (tertiary/aromatic N) is 2. The molecule has 150 valence electrons. The van der Waals surface area contributed by atoms with Crippen molar-refractivity contribution in [2.75, 3.05) is 13.1 Å². The predicted molar refractivity (Wildman–Crippen MR) is 105 cm³/mol. The van der Waals surface area contributed by atoms with Crippen LogP contribution in [0.2, 0.25) is 0 Å². The molecule has 1 N–H and O–H groups in total. The highest BCUT2D eigenvalue weighted by molar-refractivity contribution is 5.82. The molecule has 2 saturated carbocycles. The minimum Gasteiger partial charge on any atom is -0.349 e. The predicted octanol–water partition coefficient (Wildman–Crippen LogP) is 2.19. The van der Waals surface area contributed by atoms with Crippen molar-refractivity contribution in [3.63, 3.8) is 0 Å². The van der Waals surface area contributed by atoms with Crippen LogP contribution in [0.4, 0.5) is 0 Å². The van der Waals surface area contributed by atoms with Crippen LogP contribution in [-0.4, -0.2) is 39.9 Å². The number of pyridine rings is 1. The summed E-state index contributed by atoms with van der Waals surface area (Å²) in [6, 6.07) is 4.77. The summed E-state index contributed by atoms with van der Waals surface area (Å²) in [5.41, 5.74) is 0.757. The van der Waals surface area contributed by atoms with Gasteiger partial charge < -0.3 is 10.2 Å². The maximum Gasteiger partial charge on any atom is 0.251 e. The van der Waals surface area contributed by atoms with Crippen molar-refractivity contribution >= 4 is 11.8 Å². The maximum atomic E-state index is 13.5. The lowest BCUT2D eigenvalue weighted by Gasteiger charge is -2.46. The van der Waals surface area contributed by atoms with Crippen LogP contribution in [0.15, 0.2) is 23.0 Å². The quantitative estimate of drug-likeness (QED) is 0.870. The first-order valence-corrected chi connectivity index (χ1v) is 10.8. The summed E-state index contributed by atoms with van der Waals surface area (Å²) in [6.45, 7) is 2.78. The molecule has 28 heavy (non-hydrogen) atoms. The minimum atomic E-state index is -0.513. The van der Waals surface area contributed by atoms with Crippen LogP contribution in [0.5, 0.6) is 0 Å². The monoisotopic (exact) mass is 383 g/mol. The number of hydrogen-bond acceptors (Lipinski definition) is 3. The summed E-state index contributed by atoms with van der Waals surface area (Å²) >= 11 is 0. The first-order chi connectivity index (χ1) is 13.5. The number of rotatable bonds is 3. The number of amides is 2. The number of piperidine rings is 1. The van der Waals surface area contributed by atoms with Crippen LogP contribution >= 0.6 is 0 Å². The van der Waals surface area contributed by atoms with E-state index in [1.165, 1.54) is 25.7 Å². The Morgan fingerprint density at radius 2 is 1.89 bits per heavy atom. The van der Waals surface area contributed by atoms with E-state index in [1.54, 1.807) is 23.6 Å². The highest BCUT2D eigenvalue weighted by atomic mass is 16.2. The smallest absolute Gasteiger partial charge is 0.251 e. The van der Waals surface area contributed by atoms with Gasteiger partial charge in [-0.25, -0.2) is 0 Å². The number of fused-ring (bicyclic) bond motifs is 4. The Hall–Kier alpha value is -2.11. The highest BCUT2D eigenvalue weighted by Crippen LogP contribution is 2.50. The van der Waals surface area contributed by atoms with E-state index in [2.05, 4.69) is 5.32 Å². The van der Waals surface area contributed by atoms with Crippen molar-refractivity contribution < 1.29 is 9.59 Å². The van der Waals surface area contributed by atoms with Crippen LogP contribution in [-0.2, 0) is 9.59 Å². The van der Waals surface area contributed by atoms with E-state index >= 15 is 0 Å². The van der Waals surface area contributed by atoms with Gasteiger partial charge in [-0.2, -0.15) is 0 Å². The second-order valence-electron chi connectivity index (χ2n) is 9.35. The average Bonchev–Trinajstić information content (AvgIpc) is 3.23. The third-order valence-electron chi connectivity index (χ3n) is 7.66. The van der Waals surface area contributed by atoms with Crippen LogP contribution in [0.1, 0.15) is 69.5 Å². The topological polar surface area (TPSA) is 71.4 Å². The summed E-state index contributed by atoms with van der Waals surface area (Å²) in [5, 5.41) is 3.39. The Morgan fingerprint density at radius 1 is 1.14 bits per heavy atom. The van der Waals surface area contributed by atoms with Crippen LogP contribution in [0.3, 0.4) is 0 Å². The summed E-state index contributed by atoms with van der Waals surface area (Å²) in [7, 11) is 0. The molecule has 0 radical (unpaired) electrons. The molecular weight excluding hydrogens is 354 g/mol. The molecule has 4 aliphatic rings. The van der Waals surface area contributed by atoms with Gasteiger partial charge in [0, 0.05) is 49.1 Å². The highest BCUT2D eigenvalue weighted by Gasteiger charge is 2.53. The van der Waals surface area contributed by atoms with E-state index in [0.29, 0.717) is 19.0 Å². The zero-order valence-corrected chi connectivity index (χ0v) is 16.5.